The lowest BCUT2D eigenvalue weighted by molar-refractivity contribution is 0.899. The van der Waals surface area contributed by atoms with Gasteiger partial charge in [0, 0.05) is 17.0 Å². The van der Waals surface area contributed by atoms with E-state index in [9.17, 15) is 4.79 Å². The van der Waals surface area contributed by atoms with E-state index in [2.05, 4.69) is 9.97 Å². The summed E-state index contributed by atoms with van der Waals surface area (Å²) in [6.45, 7) is 3.94. The van der Waals surface area contributed by atoms with Crippen LogP contribution in [0.3, 0.4) is 0 Å². The summed E-state index contributed by atoms with van der Waals surface area (Å²) in [6.07, 6.45) is 2.97. The van der Waals surface area contributed by atoms with Crippen LogP contribution in [0.2, 0.25) is 0 Å². The molecule has 0 bridgehead atoms. The van der Waals surface area contributed by atoms with E-state index in [0.29, 0.717) is 0 Å². The molecule has 0 fully saturated rings. The van der Waals surface area contributed by atoms with Crippen LogP contribution in [0, 0.1) is 13.8 Å². The van der Waals surface area contributed by atoms with E-state index >= 15 is 0 Å². The number of H-pyrrole nitrogens is 1. The zero-order valence-electron chi connectivity index (χ0n) is 9.55. The standard InChI is InChI=1S/C13H14N2O/c1-7-6-8(2)14-13-11(7)12(16)9-4-3-5-10(9)15-13/h6H,3-5H2,1-2H3,(H,14,15,16). The Morgan fingerprint density at radius 1 is 1.31 bits per heavy atom. The average molecular weight is 214 g/mol. The van der Waals surface area contributed by atoms with Crippen LogP contribution in [-0.2, 0) is 12.8 Å². The molecule has 3 rings (SSSR count). The van der Waals surface area contributed by atoms with E-state index in [4.69, 9.17) is 0 Å². The number of nitrogens with one attached hydrogen (secondary N) is 1. The Kier molecular flexibility index (Phi) is 1.90. The molecule has 0 saturated carbocycles. The molecule has 0 saturated heterocycles. The number of fused-ring (bicyclic) bond motifs is 2. The molecule has 16 heavy (non-hydrogen) atoms. The van der Waals surface area contributed by atoms with Gasteiger partial charge in [-0.2, -0.15) is 0 Å². The van der Waals surface area contributed by atoms with Gasteiger partial charge in [-0.1, -0.05) is 0 Å². The Labute approximate surface area is 93.5 Å². The number of rotatable bonds is 0. The molecule has 0 atom stereocenters. The molecule has 3 heteroatoms. The van der Waals surface area contributed by atoms with Gasteiger partial charge in [0.2, 0.25) is 0 Å². The zero-order chi connectivity index (χ0) is 11.3. The fourth-order valence-electron chi connectivity index (χ4n) is 2.64. The summed E-state index contributed by atoms with van der Waals surface area (Å²) in [4.78, 5) is 20.0. The smallest absolute Gasteiger partial charge is 0.194 e. The first kappa shape index (κ1) is 9.58. The van der Waals surface area contributed by atoms with E-state index in [0.717, 1.165) is 52.8 Å². The van der Waals surface area contributed by atoms with Gasteiger partial charge in [-0.15, -0.1) is 0 Å². The predicted molar refractivity (Wildman–Crippen MR) is 63.9 cm³/mol. The summed E-state index contributed by atoms with van der Waals surface area (Å²) in [7, 11) is 0. The minimum absolute atomic E-state index is 0.186. The summed E-state index contributed by atoms with van der Waals surface area (Å²) in [5, 5.41) is 0.770. The molecule has 0 aliphatic heterocycles. The Morgan fingerprint density at radius 2 is 2.12 bits per heavy atom. The number of aromatic amines is 1. The van der Waals surface area contributed by atoms with Gasteiger partial charge < -0.3 is 4.98 Å². The van der Waals surface area contributed by atoms with Crippen molar-refractivity contribution in [1.82, 2.24) is 9.97 Å². The van der Waals surface area contributed by atoms with Crippen LogP contribution >= 0.6 is 0 Å². The number of aromatic nitrogens is 2. The van der Waals surface area contributed by atoms with Crippen LogP contribution in [0.5, 0.6) is 0 Å². The van der Waals surface area contributed by atoms with Crippen molar-refractivity contribution in [2.24, 2.45) is 0 Å². The summed E-state index contributed by atoms with van der Waals surface area (Å²) < 4.78 is 0. The quantitative estimate of drug-likeness (QED) is 0.729. The predicted octanol–water partition coefficient (Wildman–Crippen LogP) is 2.03. The van der Waals surface area contributed by atoms with Crippen molar-refractivity contribution in [1.29, 1.82) is 0 Å². The monoisotopic (exact) mass is 214 g/mol. The minimum Gasteiger partial charge on any atom is -0.343 e. The molecule has 2 aromatic heterocycles. The highest BCUT2D eigenvalue weighted by molar-refractivity contribution is 5.79. The van der Waals surface area contributed by atoms with Gasteiger partial charge in [0.15, 0.2) is 5.43 Å². The Morgan fingerprint density at radius 3 is 2.94 bits per heavy atom. The fraction of sp³-hybridized carbons (Fsp3) is 0.385. The van der Waals surface area contributed by atoms with Crippen LogP contribution in [0.15, 0.2) is 10.9 Å². The largest absolute Gasteiger partial charge is 0.343 e. The Balaban J connectivity index is 2.51. The van der Waals surface area contributed by atoms with Gasteiger partial charge in [-0.3, -0.25) is 4.79 Å². The van der Waals surface area contributed by atoms with Crippen molar-refractivity contribution in [3.05, 3.63) is 38.8 Å². The molecule has 0 radical (unpaired) electrons. The average Bonchev–Trinajstić information content (AvgIpc) is 2.64. The van der Waals surface area contributed by atoms with Gasteiger partial charge in [0.1, 0.15) is 5.65 Å². The summed E-state index contributed by atoms with van der Waals surface area (Å²) in [5.74, 6) is 0. The molecular weight excluding hydrogens is 200 g/mol. The minimum atomic E-state index is 0.186. The molecule has 1 N–H and O–H groups in total. The maximum Gasteiger partial charge on any atom is 0.194 e. The molecule has 3 nitrogen and oxygen atoms in total. The van der Waals surface area contributed by atoms with E-state index < -0.39 is 0 Å². The van der Waals surface area contributed by atoms with Crippen molar-refractivity contribution in [2.75, 3.05) is 0 Å². The third kappa shape index (κ3) is 1.21. The first-order chi connectivity index (χ1) is 7.66. The van der Waals surface area contributed by atoms with Crippen LogP contribution in [0.1, 0.15) is 28.9 Å². The maximum absolute atomic E-state index is 12.3. The third-order valence-electron chi connectivity index (χ3n) is 3.33. The normalized spacial score (nSPS) is 14.4. The number of hydrogen-bond acceptors (Lipinski definition) is 2. The van der Waals surface area contributed by atoms with Crippen molar-refractivity contribution in [3.8, 4) is 0 Å². The second kappa shape index (κ2) is 3.17. The Hall–Kier alpha value is -1.64. The molecule has 0 amide bonds. The van der Waals surface area contributed by atoms with Gasteiger partial charge in [0.25, 0.3) is 0 Å². The molecule has 0 aromatic carbocycles. The molecular formula is C13H14N2O. The lowest BCUT2D eigenvalue weighted by Crippen LogP contribution is -2.13. The van der Waals surface area contributed by atoms with Gasteiger partial charge in [-0.05, 0) is 44.7 Å². The molecule has 0 spiro atoms. The fourth-order valence-corrected chi connectivity index (χ4v) is 2.64. The second-order valence-electron chi connectivity index (χ2n) is 4.57. The summed E-state index contributed by atoms with van der Waals surface area (Å²) in [5.41, 5.74) is 4.99. The Bertz CT molecular complexity index is 640. The highest BCUT2D eigenvalue weighted by Gasteiger charge is 2.18. The van der Waals surface area contributed by atoms with Crippen LogP contribution in [0.25, 0.3) is 11.0 Å². The number of aryl methyl sites for hydroxylation is 3. The zero-order valence-corrected chi connectivity index (χ0v) is 9.55. The molecule has 2 aromatic rings. The number of nitrogens with zero attached hydrogens (tertiary/aromatic N) is 1. The summed E-state index contributed by atoms with van der Waals surface area (Å²) in [6, 6.07) is 1.97. The lowest BCUT2D eigenvalue weighted by Gasteiger charge is -2.06. The third-order valence-corrected chi connectivity index (χ3v) is 3.33. The second-order valence-corrected chi connectivity index (χ2v) is 4.57. The van der Waals surface area contributed by atoms with E-state index in [-0.39, 0.29) is 5.43 Å². The van der Waals surface area contributed by atoms with E-state index in [1.165, 1.54) is 0 Å². The maximum atomic E-state index is 12.3. The van der Waals surface area contributed by atoms with Crippen LogP contribution in [-0.4, -0.2) is 9.97 Å². The van der Waals surface area contributed by atoms with E-state index in [1.54, 1.807) is 0 Å². The molecule has 0 unspecified atom stereocenters. The van der Waals surface area contributed by atoms with Crippen molar-refractivity contribution >= 4 is 11.0 Å². The molecule has 1 aliphatic carbocycles. The highest BCUT2D eigenvalue weighted by Crippen LogP contribution is 2.21. The molecule has 82 valence electrons. The van der Waals surface area contributed by atoms with Gasteiger partial charge in [0.05, 0.1) is 5.39 Å². The van der Waals surface area contributed by atoms with Crippen LogP contribution in [0.4, 0.5) is 0 Å². The topological polar surface area (TPSA) is 45.8 Å². The van der Waals surface area contributed by atoms with E-state index in [1.807, 2.05) is 19.9 Å². The molecule has 2 heterocycles. The van der Waals surface area contributed by atoms with Crippen molar-refractivity contribution < 1.29 is 0 Å². The van der Waals surface area contributed by atoms with Gasteiger partial charge >= 0.3 is 0 Å². The number of pyridine rings is 2. The van der Waals surface area contributed by atoms with Crippen molar-refractivity contribution in [3.63, 3.8) is 0 Å². The summed E-state index contributed by atoms with van der Waals surface area (Å²) >= 11 is 0. The first-order valence-electron chi connectivity index (χ1n) is 5.69. The van der Waals surface area contributed by atoms with Gasteiger partial charge in [-0.25, -0.2) is 4.98 Å². The lowest BCUT2D eigenvalue weighted by atomic mass is 10.1. The highest BCUT2D eigenvalue weighted by atomic mass is 16.1. The first-order valence-corrected chi connectivity index (χ1v) is 5.69. The SMILES string of the molecule is Cc1cc(C)c2c(=O)c3c([nH]c2n1)CCC3. The number of hydrogen-bond donors (Lipinski definition) is 1. The van der Waals surface area contributed by atoms with Crippen LogP contribution < -0.4 is 5.43 Å². The van der Waals surface area contributed by atoms with Crippen molar-refractivity contribution in [2.45, 2.75) is 33.1 Å². The molecule has 1 aliphatic rings.